The molecule has 4 atom stereocenters. The molecule has 1 aliphatic carbocycles. The van der Waals surface area contributed by atoms with Crippen molar-refractivity contribution < 1.29 is 34.3 Å². The van der Waals surface area contributed by atoms with Crippen molar-refractivity contribution in [1.29, 1.82) is 0 Å². The molecule has 1 heterocycles. The first-order valence-electron chi connectivity index (χ1n) is 8.68. The minimum atomic E-state index is -0.500. The van der Waals surface area contributed by atoms with Crippen molar-refractivity contribution >= 4 is 21.9 Å². The van der Waals surface area contributed by atoms with Gasteiger partial charge in [0.1, 0.15) is 0 Å². The highest BCUT2D eigenvalue weighted by molar-refractivity contribution is 9.09. The number of cyclic esters (lactones) is 1. The number of aromatic hydroxyl groups is 3. The predicted molar refractivity (Wildman–Crippen MR) is 102 cm³/mol. The maximum atomic E-state index is 12.6. The fourth-order valence-electron chi connectivity index (χ4n) is 4.22. The summed E-state index contributed by atoms with van der Waals surface area (Å²) in [6.45, 7) is 0.253. The average Bonchev–Trinajstić information content (AvgIpc) is 3.06. The van der Waals surface area contributed by atoms with Gasteiger partial charge >= 0.3 is 5.97 Å². The monoisotopic (exact) mass is 450 g/mol. The number of halogens is 1. The van der Waals surface area contributed by atoms with Gasteiger partial charge in [0.15, 0.2) is 23.0 Å². The van der Waals surface area contributed by atoms with Crippen LogP contribution in [-0.4, -0.2) is 42.1 Å². The van der Waals surface area contributed by atoms with Gasteiger partial charge in [-0.1, -0.05) is 15.9 Å². The first-order valence-corrected chi connectivity index (χ1v) is 9.60. The van der Waals surface area contributed by atoms with Crippen molar-refractivity contribution in [1.82, 2.24) is 0 Å². The number of carbonyl (C=O) groups excluding carboxylic acids is 1. The maximum absolute atomic E-state index is 12.6. The zero-order valence-electron chi connectivity index (χ0n) is 15.2. The molecule has 148 valence electrons. The molecule has 0 spiro atoms. The van der Waals surface area contributed by atoms with Gasteiger partial charge in [0.2, 0.25) is 5.75 Å². The normalized spacial score (nSPS) is 25.6. The Kier molecular flexibility index (Phi) is 4.53. The van der Waals surface area contributed by atoms with Crippen molar-refractivity contribution in [2.45, 2.75) is 10.7 Å². The Hall–Kier alpha value is -2.61. The van der Waals surface area contributed by atoms with E-state index in [0.29, 0.717) is 11.1 Å². The molecule has 1 fully saturated rings. The van der Waals surface area contributed by atoms with E-state index in [1.165, 1.54) is 26.4 Å². The third-order valence-corrected chi connectivity index (χ3v) is 6.73. The van der Waals surface area contributed by atoms with E-state index in [4.69, 9.17) is 14.2 Å². The largest absolute Gasteiger partial charge is 0.504 e. The van der Waals surface area contributed by atoms with Crippen LogP contribution in [-0.2, 0) is 9.53 Å². The topological polar surface area (TPSA) is 105 Å². The number of esters is 1. The van der Waals surface area contributed by atoms with Gasteiger partial charge < -0.3 is 29.5 Å². The van der Waals surface area contributed by atoms with Gasteiger partial charge in [-0.15, -0.1) is 0 Å². The molecule has 28 heavy (non-hydrogen) atoms. The smallest absolute Gasteiger partial charge is 0.310 e. The van der Waals surface area contributed by atoms with Crippen molar-refractivity contribution in [3.63, 3.8) is 0 Å². The quantitative estimate of drug-likeness (QED) is 0.374. The van der Waals surface area contributed by atoms with E-state index < -0.39 is 11.8 Å². The number of hydrogen-bond donors (Lipinski definition) is 3. The van der Waals surface area contributed by atoms with Crippen LogP contribution in [0.4, 0.5) is 0 Å². The van der Waals surface area contributed by atoms with Gasteiger partial charge in [0.05, 0.1) is 26.7 Å². The Labute approximate surface area is 169 Å². The molecule has 3 N–H and O–H groups in total. The maximum Gasteiger partial charge on any atom is 0.310 e. The molecular formula is C20H19BrO7. The molecule has 7 nitrogen and oxygen atoms in total. The summed E-state index contributed by atoms with van der Waals surface area (Å²) >= 11 is 3.63. The van der Waals surface area contributed by atoms with Crippen LogP contribution in [0.5, 0.6) is 28.7 Å². The summed E-state index contributed by atoms with van der Waals surface area (Å²) in [5.74, 6) is -1.67. The van der Waals surface area contributed by atoms with Gasteiger partial charge in [-0.2, -0.15) is 0 Å². The molecule has 1 unspecified atom stereocenters. The Bertz CT molecular complexity index is 933. The Balaban J connectivity index is 1.98. The van der Waals surface area contributed by atoms with Gasteiger partial charge in [-0.05, 0) is 41.0 Å². The third kappa shape index (κ3) is 2.66. The molecule has 1 saturated heterocycles. The summed E-state index contributed by atoms with van der Waals surface area (Å²) in [4.78, 5) is 12.4. The molecule has 0 bridgehead atoms. The van der Waals surface area contributed by atoms with Crippen LogP contribution in [0.15, 0.2) is 24.3 Å². The second-order valence-corrected chi connectivity index (χ2v) is 7.93. The molecule has 0 amide bonds. The number of phenols is 3. The Morgan fingerprint density at radius 1 is 1.00 bits per heavy atom. The Morgan fingerprint density at radius 2 is 1.57 bits per heavy atom. The number of fused-ring (bicyclic) bond motifs is 2. The zero-order chi connectivity index (χ0) is 20.2. The summed E-state index contributed by atoms with van der Waals surface area (Å²) in [5.41, 5.74) is 2.13. The SMILES string of the molecule is COc1cc([C@@H]2c3cc(O)c(O)cc3[C@@H](Br)C3COC(=O)[C@@H]32)cc(OC)c1O. The molecule has 1 aliphatic heterocycles. The van der Waals surface area contributed by atoms with Crippen LogP contribution >= 0.6 is 15.9 Å². The van der Waals surface area contributed by atoms with E-state index in [-0.39, 0.29) is 52.1 Å². The second kappa shape index (κ2) is 6.77. The number of benzene rings is 2. The fourth-order valence-corrected chi connectivity index (χ4v) is 5.10. The number of rotatable bonds is 3. The number of phenolic OH excluding ortho intramolecular Hbond substituents is 3. The lowest BCUT2D eigenvalue weighted by Gasteiger charge is -2.37. The van der Waals surface area contributed by atoms with Crippen molar-refractivity contribution in [3.8, 4) is 28.7 Å². The summed E-state index contributed by atoms with van der Waals surface area (Å²) in [7, 11) is 2.86. The first kappa shape index (κ1) is 18.7. The minimum absolute atomic E-state index is 0.137. The van der Waals surface area contributed by atoms with Crippen molar-refractivity contribution in [3.05, 3.63) is 41.0 Å². The van der Waals surface area contributed by atoms with E-state index in [2.05, 4.69) is 15.9 Å². The number of ether oxygens (including phenoxy) is 3. The first-order chi connectivity index (χ1) is 13.4. The van der Waals surface area contributed by atoms with Gasteiger partial charge in [-0.3, -0.25) is 4.79 Å². The molecule has 8 heteroatoms. The Morgan fingerprint density at radius 3 is 2.14 bits per heavy atom. The molecular weight excluding hydrogens is 432 g/mol. The third-order valence-electron chi connectivity index (χ3n) is 5.56. The number of alkyl halides is 1. The van der Waals surface area contributed by atoms with Crippen LogP contribution in [0.3, 0.4) is 0 Å². The molecule has 2 aliphatic rings. The number of methoxy groups -OCH3 is 2. The van der Waals surface area contributed by atoms with E-state index in [1.807, 2.05) is 0 Å². The lowest BCUT2D eigenvalue weighted by molar-refractivity contribution is -0.141. The van der Waals surface area contributed by atoms with E-state index in [1.54, 1.807) is 12.1 Å². The summed E-state index contributed by atoms with van der Waals surface area (Å²) in [6, 6.07) is 6.27. The zero-order valence-corrected chi connectivity index (χ0v) is 16.8. The lowest BCUT2D eigenvalue weighted by Crippen LogP contribution is -2.32. The van der Waals surface area contributed by atoms with Crippen LogP contribution in [0, 0.1) is 11.8 Å². The average molecular weight is 451 g/mol. The highest BCUT2D eigenvalue weighted by Gasteiger charge is 2.51. The highest BCUT2D eigenvalue weighted by atomic mass is 79.9. The van der Waals surface area contributed by atoms with Gasteiger partial charge in [0, 0.05) is 16.7 Å². The summed E-state index contributed by atoms with van der Waals surface area (Å²) in [5, 5.41) is 30.4. The van der Waals surface area contributed by atoms with Crippen LogP contribution < -0.4 is 9.47 Å². The molecule has 0 aromatic heterocycles. The minimum Gasteiger partial charge on any atom is -0.504 e. The predicted octanol–water partition coefficient (Wildman–Crippen LogP) is 3.19. The highest BCUT2D eigenvalue weighted by Crippen LogP contribution is 2.57. The number of hydrogen-bond acceptors (Lipinski definition) is 7. The van der Waals surface area contributed by atoms with E-state index in [0.717, 1.165) is 5.56 Å². The summed E-state index contributed by atoms with van der Waals surface area (Å²) < 4.78 is 15.9. The van der Waals surface area contributed by atoms with Gasteiger partial charge in [0.25, 0.3) is 0 Å². The van der Waals surface area contributed by atoms with Gasteiger partial charge in [-0.25, -0.2) is 0 Å². The van der Waals surface area contributed by atoms with Crippen LogP contribution in [0.2, 0.25) is 0 Å². The molecule has 0 radical (unpaired) electrons. The molecule has 4 rings (SSSR count). The second-order valence-electron chi connectivity index (χ2n) is 6.94. The van der Waals surface area contributed by atoms with Crippen molar-refractivity contribution in [2.75, 3.05) is 20.8 Å². The standard InChI is InChI=1S/C20H19BrO7/c1-26-14-3-8(4-15(27-2)19(14)24)16-9-5-12(22)13(23)6-10(9)18(21)11-7-28-20(25)17(11)16/h3-6,11,16-18,22-24H,7H2,1-2H3/t11?,16-,17+,18-/m1/s1. The van der Waals surface area contributed by atoms with Crippen LogP contribution in [0.25, 0.3) is 0 Å². The molecule has 2 aromatic rings. The number of carbonyl (C=O) groups is 1. The van der Waals surface area contributed by atoms with Crippen LogP contribution in [0.1, 0.15) is 27.4 Å². The molecule has 2 aromatic carbocycles. The fraction of sp³-hybridized carbons (Fsp3) is 0.350. The van der Waals surface area contributed by atoms with E-state index >= 15 is 0 Å². The lowest BCUT2D eigenvalue weighted by atomic mass is 9.67. The molecule has 0 saturated carbocycles. The summed E-state index contributed by atoms with van der Waals surface area (Å²) in [6.07, 6.45) is 0. The van der Waals surface area contributed by atoms with Crippen molar-refractivity contribution in [2.24, 2.45) is 11.8 Å². The van der Waals surface area contributed by atoms with E-state index in [9.17, 15) is 20.1 Å².